The Kier molecular flexibility index (Phi) is 4.73. The van der Waals surface area contributed by atoms with E-state index in [1.165, 1.54) is 22.3 Å². The van der Waals surface area contributed by atoms with E-state index in [9.17, 15) is 0 Å². The summed E-state index contributed by atoms with van der Waals surface area (Å²) in [6, 6.07) is 25.0. The molecule has 2 unspecified atom stereocenters. The third-order valence-corrected chi connectivity index (χ3v) is 4.94. The molecule has 4 nitrogen and oxygen atoms in total. The monoisotopic (exact) mass is 374 g/mol. The second-order valence-electron chi connectivity index (χ2n) is 7.16. The lowest BCUT2D eigenvalue weighted by atomic mass is 10.0. The summed E-state index contributed by atoms with van der Waals surface area (Å²) in [4.78, 5) is 0. The molecule has 142 valence electrons. The molecule has 2 saturated heterocycles. The van der Waals surface area contributed by atoms with Gasteiger partial charge in [0.15, 0.2) is 0 Å². The van der Waals surface area contributed by atoms with Crippen LogP contribution in [0.2, 0.25) is 0 Å². The average Bonchev–Trinajstić information content (AvgIpc) is 3.67. The zero-order valence-electron chi connectivity index (χ0n) is 15.5. The molecular weight excluding hydrogens is 352 g/mol. The minimum Gasteiger partial charge on any atom is -0.491 e. The first kappa shape index (κ1) is 17.3. The average molecular weight is 374 g/mol. The van der Waals surface area contributed by atoms with Gasteiger partial charge in [-0.3, -0.25) is 0 Å². The van der Waals surface area contributed by atoms with E-state index in [1.807, 2.05) is 24.3 Å². The van der Waals surface area contributed by atoms with Gasteiger partial charge in [-0.15, -0.1) is 0 Å². The van der Waals surface area contributed by atoms with Crippen molar-refractivity contribution in [3.8, 4) is 33.8 Å². The fourth-order valence-electron chi connectivity index (χ4n) is 3.05. The van der Waals surface area contributed by atoms with Crippen molar-refractivity contribution in [2.24, 2.45) is 0 Å². The Morgan fingerprint density at radius 3 is 1.11 bits per heavy atom. The molecule has 0 aliphatic carbocycles. The van der Waals surface area contributed by atoms with Crippen LogP contribution in [0.4, 0.5) is 0 Å². The summed E-state index contributed by atoms with van der Waals surface area (Å²) in [5.74, 6) is 1.76. The summed E-state index contributed by atoms with van der Waals surface area (Å²) in [6.45, 7) is 2.89. The van der Waals surface area contributed by atoms with E-state index in [4.69, 9.17) is 18.9 Å². The standard InChI is InChI=1S/C24H22O4/c1-2-18(20-7-11-22(12-8-20)26-14-24-16-28-24)4-3-17(1)19-5-9-21(10-6-19)25-13-23-15-27-23/h1-12,23-24H,13-16H2. The number of hydrogen-bond donors (Lipinski definition) is 0. The maximum Gasteiger partial charge on any atom is 0.119 e. The Hall–Kier alpha value is -2.82. The molecule has 2 fully saturated rings. The maximum absolute atomic E-state index is 5.70. The fraction of sp³-hybridized carbons (Fsp3) is 0.250. The molecule has 0 bridgehead atoms. The van der Waals surface area contributed by atoms with Crippen LogP contribution in [0.5, 0.6) is 11.5 Å². The van der Waals surface area contributed by atoms with Gasteiger partial charge in [0.2, 0.25) is 0 Å². The fourth-order valence-corrected chi connectivity index (χ4v) is 3.05. The summed E-state index contributed by atoms with van der Waals surface area (Å²) in [5.41, 5.74) is 4.72. The van der Waals surface area contributed by atoms with Crippen LogP contribution in [0.3, 0.4) is 0 Å². The Morgan fingerprint density at radius 2 is 0.821 bits per heavy atom. The molecule has 2 aliphatic heterocycles. The van der Waals surface area contributed by atoms with Crippen LogP contribution in [0.25, 0.3) is 22.3 Å². The van der Waals surface area contributed by atoms with Gasteiger partial charge in [-0.1, -0.05) is 48.5 Å². The number of epoxide rings is 2. The lowest BCUT2D eigenvalue weighted by Crippen LogP contribution is -2.03. The highest BCUT2D eigenvalue weighted by Gasteiger charge is 2.23. The highest BCUT2D eigenvalue weighted by Crippen LogP contribution is 2.28. The van der Waals surface area contributed by atoms with Crippen molar-refractivity contribution < 1.29 is 18.9 Å². The molecule has 0 aromatic heterocycles. The number of benzene rings is 3. The summed E-state index contributed by atoms with van der Waals surface area (Å²) >= 11 is 0. The molecule has 2 atom stereocenters. The first-order valence-corrected chi connectivity index (χ1v) is 9.63. The van der Waals surface area contributed by atoms with Gasteiger partial charge in [0.1, 0.15) is 36.9 Å². The second kappa shape index (κ2) is 7.66. The first-order valence-electron chi connectivity index (χ1n) is 9.63. The van der Waals surface area contributed by atoms with Gasteiger partial charge in [-0.05, 0) is 46.5 Å². The van der Waals surface area contributed by atoms with Crippen molar-refractivity contribution in [2.45, 2.75) is 12.2 Å². The minimum atomic E-state index is 0.278. The summed E-state index contributed by atoms with van der Waals surface area (Å²) < 4.78 is 21.7. The Balaban J connectivity index is 1.23. The van der Waals surface area contributed by atoms with Crippen molar-refractivity contribution in [3.63, 3.8) is 0 Å². The third-order valence-electron chi connectivity index (χ3n) is 4.94. The molecule has 0 radical (unpaired) electrons. The maximum atomic E-state index is 5.70. The summed E-state index contributed by atoms with van der Waals surface area (Å²) in [6.07, 6.45) is 0.556. The van der Waals surface area contributed by atoms with E-state index < -0.39 is 0 Å². The minimum absolute atomic E-state index is 0.278. The molecule has 3 aromatic carbocycles. The highest BCUT2D eigenvalue weighted by atomic mass is 16.6. The Morgan fingerprint density at radius 1 is 0.536 bits per heavy atom. The Labute approximate surface area is 164 Å². The molecule has 0 amide bonds. The van der Waals surface area contributed by atoms with E-state index in [2.05, 4.69) is 48.5 Å². The van der Waals surface area contributed by atoms with Crippen LogP contribution < -0.4 is 9.47 Å². The number of hydrogen-bond acceptors (Lipinski definition) is 4. The normalized spacial score (nSPS) is 19.9. The topological polar surface area (TPSA) is 43.5 Å². The van der Waals surface area contributed by atoms with Gasteiger partial charge in [0, 0.05) is 0 Å². The molecule has 2 heterocycles. The zero-order chi connectivity index (χ0) is 18.8. The van der Waals surface area contributed by atoms with Crippen molar-refractivity contribution >= 4 is 0 Å². The van der Waals surface area contributed by atoms with Crippen LogP contribution >= 0.6 is 0 Å². The van der Waals surface area contributed by atoms with E-state index >= 15 is 0 Å². The van der Waals surface area contributed by atoms with Gasteiger partial charge in [-0.25, -0.2) is 0 Å². The molecule has 2 aliphatic rings. The number of rotatable bonds is 8. The largest absolute Gasteiger partial charge is 0.491 e. The lowest BCUT2D eigenvalue weighted by molar-refractivity contribution is 0.263. The molecule has 3 aromatic rings. The van der Waals surface area contributed by atoms with Crippen molar-refractivity contribution in [1.82, 2.24) is 0 Å². The third kappa shape index (κ3) is 4.35. The van der Waals surface area contributed by atoms with E-state index in [0.717, 1.165) is 24.7 Å². The van der Waals surface area contributed by atoms with Crippen LogP contribution in [0.1, 0.15) is 0 Å². The van der Waals surface area contributed by atoms with Crippen LogP contribution in [0, 0.1) is 0 Å². The quantitative estimate of drug-likeness (QED) is 0.542. The molecule has 4 heteroatoms. The van der Waals surface area contributed by atoms with Gasteiger partial charge >= 0.3 is 0 Å². The van der Waals surface area contributed by atoms with Gasteiger partial charge in [0.25, 0.3) is 0 Å². The molecule has 0 saturated carbocycles. The van der Waals surface area contributed by atoms with Gasteiger partial charge in [0.05, 0.1) is 13.2 Å². The van der Waals surface area contributed by atoms with Gasteiger partial charge < -0.3 is 18.9 Å². The van der Waals surface area contributed by atoms with Gasteiger partial charge in [-0.2, -0.15) is 0 Å². The smallest absolute Gasteiger partial charge is 0.119 e. The van der Waals surface area contributed by atoms with Crippen molar-refractivity contribution in [3.05, 3.63) is 72.8 Å². The lowest BCUT2D eigenvalue weighted by Gasteiger charge is -2.08. The first-order chi connectivity index (χ1) is 13.8. The van der Waals surface area contributed by atoms with Crippen molar-refractivity contribution in [2.75, 3.05) is 26.4 Å². The van der Waals surface area contributed by atoms with E-state index in [1.54, 1.807) is 0 Å². The van der Waals surface area contributed by atoms with E-state index in [-0.39, 0.29) is 12.2 Å². The molecule has 0 N–H and O–H groups in total. The van der Waals surface area contributed by atoms with Crippen LogP contribution in [-0.2, 0) is 9.47 Å². The molecular formula is C24H22O4. The predicted molar refractivity (Wildman–Crippen MR) is 108 cm³/mol. The Bertz CT molecular complexity index is 830. The highest BCUT2D eigenvalue weighted by molar-refractivity contribution is 5.71. The summed E-state index contributed by atoms with van der Waals surface area (Å²) in [5, 5.41) is 0. The summed E-state index contributed by atoms with van der Waals surface area (Å²) in [7, 11) is 0. The van der Waals surface area contributed by atoms with Crippen molar-refractivity contribution in [1.29, 1.82) is 0 Å². The molecule has 5 rings (SSSR count). The predicted octanol–water partition coefficient (Wildman–Crippen LogP) is 4.58. The van der Waals surface area contributed by atoms with Crippen LogP contribution in [-0.4, -0.2) is 38.6 Å². The second-order valence-corrected chi connectivity index (χ2v) is 7.16. The van der Waals surface area contributed by atoms with E-state index in [0.29, 0.717) is 13.2 Å². The number of ether oxygens (including phenoxy) is 4. The molecule has 0 spiro atoms. The molecule has 28 heavy (non-hydrogen) atoms. The zero-order valence-corrected chi connectivity index (χ0v) is 15.5. The van der Waals surface area contributed by atoms with Crippen LogP contribution in [0.15, 0.2) is 72.8 Å². The SMILES string of the molecule is c1cc(-c2ccc(-c3ccc(OCC4CO4)cc3)cc2)ccc1OCC1CO1.